The molecule has 0 saturated carbocycles. The van der Waals surface area contributed by atoms with Crippen LogP contribution in [0.5, 0.6) is 0 Å². The van der Waals surface area contributed by atoms with Gasteiger partial charge in [0.05, 0.1) is 12.8 Å². The molecule has 1 N–H and O–H groups in total. The Morgan fingerprint density at radius 2 is 1.86 bits per heavy atom. The molecule has 1 rings (SSSR count). The molecule has 0 bridgehead atoms. The molecular formula is C16H26N2O3S. The van der Waals surface area contributed by atoms with Gasteiger partial charge in [-0.05, 0) is 18.9 Å². The van der Waals surface area contributed by atoms with Crippen LogP contribution in [0.4, 0.5) is 0 Å². The highest BCUT2D eigenvalue weighted by Crippen LogP contribution is 2.22. The van der Waals surface area contributed by atoms with E-state index in [1.54, 1.807) is 6.92 Å². The van der Waals surface area contributed by atoms with E-state index in [9.17, 15) is 13.2 Å². The van der Waals surface area contributed by atoms with Crippen molar-refractivity contribution >= 4 is 15.9 Å². The van der Waals surface area contributed by atoms with Gasteiger partial charge in [-0.15, -0.1) is 0 Å². The summed E-state index contributed by atoms with van der Waals surface area (Å²) in [6.45, 7) is 4.32. The van der Waals surface area contributed by atoms with Crippen molar-refractivity contribution in [2.75, 3.05) is 19.3 Å². The second kappa shape index (κ2) is 8.90. The second-order valence-electron chi connectivity index (χ2n) is 5.45. The van der Waals surface area contributed by atoms with Gasteiger partial charge in [0, 0.05) is 12.6 Å². The van der Waals surface area contributed by atoms with Crippen molar-refractivity contribution in [1.29, 1.82) is 0 Å². The second-order valence-corrected chi connectivity index (χ2v) is 7.39. The molecule has 1 aromatic rings. The van der Waals surface area contributed by atoms with E-state index in [0.29, 0.717) is 6.54 Å². The molecule has 0 aliphatic rings. The van der Waals surface area contributed by atoms with E-state index in [4.69, 9.17) is 0 Å². The van der Waals surface area contributed by atoms with Crippen LogP contribution in [0.3, 0.4) is 0 Å². The van der Waals surface area contributed by atoms with Crippen molar-refractivity contribution in [3.05, 3.63) is 35.9 Å². The molecule has 0 aliphatic heterocycles. The summed E-state index contributed by atoms with van der Waals surface area (Å²) in [5.41, 5.74) is 0.867. The predicted molar refractivity (Wildman–Crippen MR) is 88.9 cm³/mol. The molecular weight excluding hydrogens is 300 g/mol. The Morgan fingerprint density at radius 1 is 1.23 bits per heavy atom. The van der Waals surface area contributed by atoms with Crippen LogP contribution in [0.1, 0.15) is 44.7 Å². The molecule has 1 amide bonds. The van der Waals surface area contributed by atoms with E-state index in [0.717, 1.165) is 31.1 Å². The lowest BCUT2D eigenvalue weighted by Crippen LogP contribution is -2.41. The van der Waals surface area contributed by atoms with Crippen LogP contribution in [0, 0.1) is 0 Å². The van der Waals surface area contributed by atoms with Crippen molar-refractivity contribution in [1.82, 2.24) is 9.62 Å². The Balaban J connectivity index is 2.72. The van der Waals surface area contributed by atoms with Gasteiger partial charge in [-0.2, -0.15) is 4.31 Å². The van der Waals surface area contributed by atoms with Crippen molar-refractivity contribution in [3.8, 4) is 0 Å². The monoisotopic (exact) mass is 326 g/mol. The van der Waals surface area contributed by atoms with Crippen molar-refractivity contribution < 1.29 is 13.2 Å². The summed E-state index contributed by atoms with van der Waals surface area (Å²) in [5, 5.41) is 2.78. The lowest BCUT2D eigenvalue weighted by Gasteiger charge is -2.26. The maximum Gasteiger partial charge on any atom is 0.235 e. The van der Waals surface area contributed by atoms with Crippen LogP contribution < -0.4 is 5.32 Å². The summed E-state index contributed by atoms with van der Waals surface area (Å²) in [6.07, 6.45) is 4.18. The molecule has 5 nitrogen and oxygen atoms in total. The number of carbonyl (C=O) groups is 1. The maximum atomic E-state index is 12.0. The molecule has 0 fully saturated rings. The van der Waals surface area contributed by atoms with Gasteiger partial charge in [0.15, 0.2) is 0 Å². The van der Waals surface area contributed by atoms with Gasteiger partial charge in [-0.1, -0.05) is 50.1 Å². The zero-order chi connectivity index (χ0) is 16.6. The van der Waals surface area contributed by atoms with Crippen molar-refractivity contribution in [2.45, 2.75) is 39.2 Å². The highest BCUT2D eigenvalue weighted by atomic mass is 32.2. The summed E-state index contributed by atoms with van der Waals surface area (Å²) in [7, 11) is -3.47. The third-order valence-electron chi connectivity index (χ3n) is 3.54. The van der Waals surface area contributed by atoms with Crippen LogP contribution in [0.2, 0.25) is 0 Å². The number of amides is 1. The number of sulfonamides is 1. The van der Waals surface area contributed by atoms with Gasteiger partial charge in [0.2, 0.25) is 15.9 Å². The van der Waals surface area contributed by atoms with Gasteiger partial charge in [-0.25, -0.2) is 8.42 Å². The van der Waals surface area contributed by atoms with Crippen LogP contribution in [0.15, 0.2) is 30.3 Å². The summed E-state index contributed by atoms with van der Waals surface area (Å²) in [6, 6.07) is 8.94. The number of nitrogens with zero attached hydrogens (tertiary/aromatic N) is 1. The van der Waals surface area contributed by atoms with Crippen molar-refractivity contribution in [2.24, 2.45) is 0 Å². The SMILES string of the molecule is CCCCCNC(=O)CN(C(C)c1ccccc1)S(C)(=O)=O. The number of hydrogen-bond donors (Lipinski definition) is 1. The molecule has 1 atom stereocenters. The van der Waals surface area contributed by atoms with Crippen LogP contribution >= 0.6 is 0 Å². The van der Waals surface area contributed by atoms with E-state index in [1.807, 2.05) is 30.3 Å². The fraction of sp³-hybridized carbons (Fsp3) is 0.562. The van der Waals surface area contributed by atoms with Gasteiger partial charge in [-0.3, -0.25) is 4.79 Å². The lowest BCUT2D eigenvalue weighted by molar-refractivity contribution is -0.121. The van der Waals surface area contributed by atoms with E-state index < -0.39 is 10.0 Å². The average molecular weight is 326 g/mol. The Bertz CT molecular complexity index is 558. The Hall–Kier alpha value is -1.40. The molecule has 0 saturated heterocycles. The first-order valence-corrected chi connectivity index (χ1v) is 9.49. The number of nitrogens with one attached hydrogen (secondary N) is 1. The van der Waals surface area contributed by atoms with Crippen molar-refractivity contribution in [3.63, 3.8) is 0 Å². The molecule has 124 valence electrons. The smallest absolute Gasteiger partial charge is 0.235 e. The molecule has 0 radical (unpaired) electrons. The first kappa shape index (κ1) is 18.6. The molecule has 0 aliphatic carbocycles. The Kier molecular flexibility index (Phi) is 7.55. The summed E-state index contributed by atoms with van der Waals surface area (Å²) in [4.78, 5) is 12.0. The highest BCUT2D eigenvalue weighted by molar-refractivity contribution is 7.88. The van der Waals surface area contributed by atoms with Gasteiger partial charge in [0.1, 0.15) is 0 Å². The minimum atomic E-state index is -3.47. The van der Waals surface area contributed by atoms with Crippen LogP contribution in [0.25, 0.3) is 0 Å². The predicted octanol–water partition coefficient (Wildman–Crippen LogP) is 2.32. The molecule has 0 aromatic heterocycles. The average Bonchev–Trinajstić information content (AvgIpc) is 2.48. The third-order valence-corrected chi connectivity index (χ3v) is 4.84. The quantitative estimate of drug-likeness (QED) is 0.708. The standard InChI is InChI=1S/C16H26N2O3S/c1-4-5-9-12-17-16(19)13-18(22(3,20)21)14(2)15-10-7-6-8-11-15/h6-8,10-11,14H,4-5,9,12-13H2,1-3H3,(H,17,19). The zero-order valence-electron chi connectivity index (χ0n) is 13.6. The number of rotatable bonds is 9. The maximum absolute atomic E-state index is 12.0. The fourth-order valence-electron chi connectivity index (χ4n) is 2.24. The number of unbranched alkanes of at least 4 members (excludes halogenated alkanes) is 2. The third kappa shape index (κ3) is 6.15. The molecule has 1 aromatic carbocycles. The largest absolute Gasteiger partial charge is 0.355 e. The summed E-state index contributed by atoms with van der Waals surface area (Å²) >= 11 is 0. The first-order valence-electron chi connectivity index (χ1n) is 7.64. The van der Waals surface area contributed by atoms with E-state index in [-0.39, 0.29) is 18.5 Å². The summed E-state index contributed by atoms with van der Waals surface area (Å²) in [5.74, 6) is -0.260. The van der Waals surface area contributed by atoms with E-state index >= 15 is 0 Å². The minimum Gasteiger partial charge on any atom is -0.355 e. The number of benzene rings is 1. The van der Waals surface area contributed by atoms with Crippen LogP contribution in [-0.4, -0.2) is 38.0 Å². The van der Waals surface area contributed by atoms with E-state index in [2.05, 4.69) is 12.2 Å². The molecule has 0 heterocycles. The minimum absolute atomic E-state index is 0.152. The molecule has 1 unspecified atom stereocenters. The zero-order valence-corrected chi connectivity index (χ0v) is 14.4. The Labute approximate surface area is 133 Å². The van der Waals surface area contributed by atoms with Crippen LogP contribution in [-0.2, 0) is 14.8 Å². The Morgan fingerprint density at radius 3 is 2.41 bits per heavy atom. The molecule has 22 heavy (non-hydrogen) atoms. The lowest BCUT2D eigenvalue weighted by atomic mass is 10.1. The molecule has 6 heteroatoms. The van der Waals surface area contributed by atoms with E-state index in [1.165, 1.54) is 4.31 Å². The topological polar surface area (TPSA) is 66.5 Å². The summed E-state index contributed by atoms with van der Waals surface area (Å²) < 4.78 is 25.2. The van der Waals surface area contributed by atoms with Gasteiger partial charge < -0.3 is 5.32 Å². The first-order chi connectivity index (χ1) is 10.4. The van der Waals surface area contributed by atoms with Gasteiger partial charge >= 0.3 is 0 Å². The van der Waals surface area contributed by atoms with Gasteiger partial charge in [0.25, 0.3) is 0 Å². The fourth-order valence-corrected chi connectivity index (χ4v) is 3.29. The molecule has 0 spiro atoms. The normalized spacial score (nSPS) is 13.1. The highest BCUT2D eigenvalue weighted by Gasteiger charge is 2.26. The number of carbonyl (C=O) groups excluding carboxylic acids is 1. The number of hydrogen-bond acceptors (Lipinski definition) is 3.